The van der Waals surface area contributed by atoms with E-state index in [1.54, 1.807) is 0 Å². The summed E-state index contributed by atoms with van der Waals surface area (Å²) in [6.45, 7) is 0.144. The molecule has 0 aromatic carbocycles. The van der Waals surface area contributed by atoms with E-state index in [-0.39, 0.29) is 18.9 Å². The molecule has 9 nitrogen and oxygen atoms in total. The predicted octanol–water partition coefficient (Wildman–Crippen LogP) is 0.213. The van der Waals surface area contributed by atoms with Crippen LogP contribution in [0.4, 0.5) is 4.79 Å². The number of nitrogens with zero attached hydrogens (tertiary/aromatic N) is 3. The molecule has 0 aliphatic heterocycles. The Balaban J connectivity index is 1.98. The van der Waals surface area contributed by atoms with Crippen LogP contribution in [0, 0.1) is 0 Å². The van der Waals surface area contributed by atoms with Gasteiger partial charge in [-0.3, -0.25) is 0 Å². The number of ether oxygens (including phenoxy) is 1. The maximum Gasteiger partial charge on any atom is 0.404 e. The number of rotatable bonds is 5. The molecule has 2 rings (SSSR count). The van der Waals surface area contributed by atoms with Gasteiger partial charge in [-0.1, -0.05) is 5.21 Å². The number of aromatic carboxylic acids is 1. The molecule has 0 aliphatic carbocycles. The number of hydrogen-bond donors (Lipinski definition) is 2. The Hall–Kier alpha value is -2.84. The Morgan fingerprint density at radius 3 is 2.89 bits per heavy atom. The lowest BCUT2D eigenvalue weighted by molar-refractivity contribution is 0.0660. The van der Waals surface area contributed by atoms with E-state index < -0.39 is 12.1 Å². The number of carboxylic acid groups (broad SMARTS) is 1. The fourth-order valence-electron chi connectivity index (χ4n) is 1.36. The molecule has 0 bridgehead atoms. The first-order valence-electron chi connectivity index (χ1n) is 5.18. The number of hydrogen-bond acceptors (Lipinski definition) is 6. The van der Waals surface area contributed by atoms with E-state index in [0.29, 0.717) is 11.5 Å². The number of furan rings is 1. The second-order valence-corrected chi connectivity index (χ2v) is 3.59. The number of aromatic nitrogens is 3. The minimum Gasteiger partial charge on any atom is -0.475 e. The second-order valence-electron chi connectivity index (χ2n) is 3.59. The lowest BCUT2D eigenvalue weighted by Crippen LogP contribution is -2.12. The van der Waals surface area contributed by atoms with E-state index in [0.717, 1.165) is 0 Å². The Kier molecular flexibility index (Phi) is 3.46. The first kappa shape index (κ1) is 12.6. The molecule has 0 atom stereocenters. The summed E-state index contributed by atoms with van der Waals surface area (Å²) in [4.78, 5) is 21.0. The van der Waals surface area contributed by atoms with Crippen LogP contribution in [0.5, 0.6) is 0 Å². The fourth-order valence-corrected chi connectivity index (χ4v) is 1.36. The molecule has 0 saturated heterocycles. The fraction of sp³-hybridized carbons (Fsp3) is 0.200. The van der Waals surface area contributed by atoms with Crippen molar-refractivity contribution in [3.63, 3.8) is 0 Å². The second kappa shape index (κ2) is 5.21. The third-order valence-electron chi connectivity index (χ3n) is 2.14. The predicted molar refractivity (Wildman–Crippen MR) is 59.2 cm³/mol. The van der Waals surface area contributed by atoms with Crippen LogP contribution in [0.2, 0.25) is 0 Å². The summed E-state index contributed by atoms with van der Waals surface area (Å²) in [5.74, 6) is -0.863. The number of carbonyl (C=O) groups excluding carboxylic acids is 1. The van der Waals surface area contributed by atoms with Gasteiger partial charge < -0.3 is 20.0 Å². The lowest BCUT2D eigenvalue weighted by Gasteiger charge is -1.96. The molecule has 0 radical (unpaired) electrons. The zero-order valence-corrected chi connectivity index (χ0v) is 9.65. The zero-order valence-electron chi connectivity index (χ0n) is 9.65. The van der Waals surface area contributed by atoms with E-state index in [1.807, 2.05) is 0 Å². The smallest absolute Gasteiger partial charge is 0.404 e. The van der Waals surface area contributed by atoms with Crippen molar-refractivity contribution in [2.45, 2.75) is 13.2 Å². The number of primary amides is 1. The van der Waals surface area contributed by atoms with Crippen LogP contribution in [-0.4, -0.2) is 32.2 Å². The maximum absolute atomic E-state index is 10.6. The quantitative estimate of drug-likeness (QED) is 0.790. The summed E-state index contributed by atoms with van der Waals surface area (Å²) >= 11 is 0. The first-order chi connectivity index (χ1) is 9.04. The van der Waals surface area contributed by atoms with Gasteiger partial charge in [-0.2, -0.15) is 0 Å². The molecule has 1 amide bonds. The summed E-state index contributed by atoms with van der Waals surface area (Å²) in [6.07, 6.45) is 0.637. The monoisotopic (exact) mass is 266 g/mol. The van der Waals surface area contributed by atoms with Crippen molar-refractivity contribution >= 4 is 12.1 Å². The molecule has 0 aliphatic rings. The summed E-state index contributed by atoms with van der Waals surface area (Å²) in [5.41, 5.74) is 5.24. The van der Waals surface area contributed by atoms with Crippen molar-refractivity contribution in [2.75, 3.05) is 0 Å². The molecule has 19 heavy (non-hydrogen) atoms. The normalized spacial score (nSPS) is 10.3. The van der Waals surface area contributed by atoms with Gasteiger partial charge in [0.2, 0.25) is 5.76 Å². The number of nitrogens with two attached hydrogens (primary N) is 1. The van der Waals surface area contributed by atoms with Crippen LogP contribution in [0.25, 0.3) is 0 Å². The van der Waals surface area contributed by atoms with Crippen molar-refractivity contribution in [2.24, 2.45) is 5.73 Å². The molecule has 0 unspecified atom stereocenters. The Morgan fingerprint density at radius 2 is 2.26 bits per heavy atom. The average molecular weight is 266 g/mol. The van der Waals surface area contributed by atoms with E-state index in [1.165, 1.54) is 23.0 Å². The van der Waals surface area contributed by atoms with Gasteiger partial charge in [-0.25, -0.2) is 14.3 Å². The van der Waals surface area contributed by atoms with Gasteiger partial charge >= 0.3 is 12.1 Å². The average Bonchev–Trinajstić information content (AvgIpc) is 2.96. The summed E-state index contributed by atoms with van der Waals surface area (Å²) in [7, 11) is 0. The van der Waals surface area contributed by atoms with E-state index in [2.05, 4.69) is 15.0 Å². The van der Waals surface area contributed by atoms with E-state index in [9.17, 15) is 9.59 Å². The van der Waals surface area contributed by atoms with Crippen LogP contribution in [-0.2, 0) is 17.9 Å². The highest BCUT2D eigenvalue weighted by molar-refractivity contribution is 5.84. The van der Waals surface area contributed by atoms with E-state index >= 15 is 0 Å². The molecule has 0 saturated carbocycles. The molecule has 2 heterocycles. The minimum atomic E-state index is -1.14. The number of carboxylic acids is 1. The third-order valence-corrected chi connectivity index (χ3v) is 2.14. The van der Waals surface area contributed by atoms with Crippen molar-refractivity contribution in [3.8, 4) is 0 Å². The molecular formula is C10H10N4O5. The number of carbonyl (C=O) groups is 2. The molecule has 0 fully saturated rings. The van der Waals surface area contributed by atoms with Crippen molar-refractivity contribution < 1.29 is 23.8 Å². The van der Waals surface area contributed by atoms with Crippen molar-refractivity contribution in [3.05, 3.63) is 35.5 Å². The first-order valence-corrected chi connectivity index (χ1v) is 5.18. The molecule has 2 aromatic rings. The summed E-state index contributed by atoms with van der Waals surface area (Å²) in [6, 6.07) is 2.89. The van der Waals surface area contributed by atoms with Gasteiger partial charge in [-0.15, -0.1) is 5.10 Å². The van der Waals surface area contributed by atoms with Crippen LogP contribution in [0.3, 0.4) is 0 Å². The van der Waals surface area contributed by atoms with Crippen molar-refractivity contribution in [1.29, 1.82) is 0 Å². The van der Waals surface area contributed by atoms with Crippen LogP contribution < -0.4 is 5.73 Å². The van der Waals surface area contributed by atoms with Gasteiger partial charge in [0.25, 0.3) is 0 Å². The topological polar surface area (TPSA) is 133 Å². The van der Waals surface area contributed by atoms with Crippen LogP contribution in [0.15, 0.2) is 22.7 Å². The molecule has 9 heteroatoms. The SMILES string of the molecule is NC(=O)OCc1cn(Cc2ccc(C(=O)O)o2)nn1. The van der Waals surface area contributed by atoms with Gasteiger partial charge in [0.05, 0.1) is 6.20 Å². The molecular weight excluding hydrogens is 256 g/mol. The van der Waals surface area contributed by atoms with Gasteiger partial charge in [0, 0.05) is 0 Å². The third kappa shape index (κ3) is 3.31. The Morgan fingerprint density at radius 1 is 1.47 bits per heavy atom. The molecule has 0 spiro atoms. The highest BCUT2D eigenvalue weighted by Gasteiger charge is 2.10. The van der Waals surface area contributed by atoms with E-state index in [4.69, 9.17) is 15.3 Å². The van der Waals surface area contributed by atoms with Crippen molar-refractivity contribution in [1.82, 2.24) is 15.0 Å². The molecule has 3 N–H and O–H groups in total. The lowest BCUT2D eigenvalue weighted by atomic mass is 10.4. The van der Waals surface area contributed by atoms with Gasteiger partial charge in [0.15, 0.2) is 0 Å². The van der Waals surface area contributed by atoms with Gasteiger partial charge in [-0.05, 0) is 12.1 Å². The highest BCUT2D eigenvalue weighted by Crippen LogP contribution is 2.09. The summed E-state index contributed by atoms with van der Waals surface area (Å²) in [5, 5.41) is 16.2. The highest BCUT2D eigenvalue weighted by atomic mass is 16.5. The molecule has 100 valence electrons. The zero-order chi connectivity index (χ0) is 13.8. The Labute approximate surface area is 106 Å². The molecule has 2 aromatic heterocycles. The maximum atomic E-state index is 10.6. The van der Waals surface area contributed by atoms with Crippen LogP contribution >= 0.6 is 0 Å². The number of amides is 1. The summed E-state index contributed by atoms with van der Waals surface area (Å²) < 4.78 is 11.0. The minimum absolute atomic E-state index is 0.0755. The standard InChI is InChI=1S/C10H10N4O5/c11-10(17)18-5-6-3-14(13-12-6)4-7-1-2-8(19-7)9(15)16/h1-3H,4-5H2,(H2,11,17)(H,15,16). The Bertz CT molecular complexity index is 603. The van der Waals surface area contributed by atoms with Crippen LogP contribution in [0.1, 0.15) is 22.0 Å². The largest absolute Gasteiger partial charge is 0.475 e. The van der Waals surface area contributed by atoms with Gasteiger partial charge in [0.1, 0.15) is 24.6 Å².